The summed E-state index contributed by atoms with van der Waals surface area (Å²) in [6.07, 6.45) is 0.866. The van der Waals surface area contributed by atoms with Crippen molar-refractivity contribution in [2.75, 3.05) is 20.0 Å². The first kappa shape index (κ1) is 20.0. The predicted octanol–water partition coefficient (Wildman–Crippen LogP) is 5.20. The summed E-state index contributed by atoms with van der Waals surface area (Å²) in [5, 5.41) is 2.82. The highest BCUT2D eigenvalue weighted by atomic mass is 32.1. The van der Waals surface area contributed by atoms with Gasteiger partial charge in [0.1, 0.15) is 17.2 Å². The average molecular weight is 418 g/mol. The summed E-state index contributed by atoms with van der Waals surface area (Å²) in [7, 11) is 3.39. The zero-order valence-corrected chi connectivity index (χ0v) is 17.9. The first-order valence-corrected chi connectivity index (χ1v) is 10.7. The fourth-order valence-corrected chi connectivity index (χ4v) is 4.33. The second-order valence-corrected chi connectivity index (χ2v) is 8.02. The Hall–Kier alpha value is -3.31. The minimum Gasteiger partial charge on any atom is -0.497 e. The molecule has 0 saturated carbocycles. The van der Waals surface area contributed by atoms with Crippen LogP contribution >= 0.6 is 11.3 Å². The second kappa shape index (κ2) is 9.01. The number of anilines is 1. The van der Waals surface area contributed by atoms with Gasteiger partial charge in [-0.2, -0.15) is 0 Å². The lowest BCUT2D eigenvalue weighted by Crippen LogP contribution is -2.17. The van der Waals surface area contributed by atoms with Gasteiger partial charge in [0.05, 0.1) is 20.1 Å². The summed E-state index contributed by atoms with van der Waals surface area (Å²) in [6, 6.07) is 25.0. The molecule has 30 heavy (non-hydrogen) atoms. The lowest BCUT2D eigenvalue weighted by atomic mass is 9.89. The van der Waals surface area contributed by atoms with Gasteiger partial charge in [0.2, 0.25) is 0 Å². The summed E-state index contributed by atoms with van der Waals surface area (Å²) in [5.74, 6) is 1.92. The third-order valence-electron chi connectivity index (χ3n) is 5.29. The molecule has 0 aliphatic heterocycles. The zero-order valence-electron chi connectivity index (χ0n) is 17.1. The van der Waals surface area contributed by atoms with Crippen molar-refractivity contribution in [1.82, 2.24) is 0 Å². The van der Waals surface area contributed by atoms with E-state index in [-0.39, 0.29) is 5.92 Å². The number of hydrogen-bond acceptors (Lipinski definition) is 4. The van der Waals surface area contributed by atoms with Gasteiger partial charge in [-0.25, -0.2) is 4.98 Å². The number of nitrogens with two attached hydrogens (primary N) is 1. The van der Waals surface area contributed by atoms with Crippen LogP contribution in [0.4, 0.5) is 5.13 Å². The quantitative estimate of drug-likeness (QED) is 0.449. The Labute approximate surface area is 180 Å². The predicted molar refractivity (Wildman–Crippen MR) is 122 cm³/mol. The minimum absolute atomic E-state index is 0.182. The number of aromatic amines is 1. The molecule has 152 valence electrons. The molecular weight excluding hydrogens is 392 g/mol. The number of para-hydroxylation sites is 1. The maximum Gasteiger partial charge on any atom is 0.329 e. The summed E-state index contributed by atoms with van der Waals surface area (Å²) >= 11 is 1.53. The summed E-state index contributed by atoms with van der Waals surface area (Å²) in [5.41, 5.74) is 11.8. The first-order chi connectivity index (χ1) is 14.7. The van der Waals surface area contributed by atoms with E-state index in [9.17, 15) is 0 Å². The maximum atomic E-state index is 5.98. The lowest BCUT2D eigenvalue weighted by molar-refractivity contribution is -0.368. The highest BCUT2D eigenvalue weighted by Crippen LogP contribution is 2.32. The first-order valence-electron chi connectivity index (χ1n) is 9.80. The van der Waals surface area contributed by atoms with Gasteiger partial charge in [0, 0.05) is 10.9 Å². The van der Waals surface area contributed by atoms with Crippen LogP contribution in [0.5, 0.6) is 11.5 Å². The Morgan fingerprint density at radius 2 is 1.63 bits per heavy atom. The van der Waals surface area contributed by atoms with Gasteiger partial charge in [-0.05, 0) is 41.3 Å². The SMILES string of the molecule is COc1ccc([C@H](Cc2ccc(-c3ccccc3OC)cc2)c2csc(N)[nH+]2)cc1. The third-order valence-corrected chi connectivity index (χ3v) is 6.01. The molecule has 4 aromatic rings. The van der Waals surface area contributed by atoms with Crippen molar-refractivity contribution in [2.45, 2.75) is 12.3 Å². The standard InChI is InChI=1S/C25H24N2O2S/c1-28-20-13-11-19(12-14-20)22(23-16-30-25(26)27-23)15-17-7-9-18(10-8-17)21-5-3-4-6-24(21)29-2/h3-14,16,22H,15H2,1-2H3,(H2,26,27)/p+1/t22-/m0/s1. The van der Waals surface area contributed by atoms with E-state index in [4.69, 9.17) is 15.2 Å². The largest absolute Gasteiger partial charge is 0.497 e. The van der Waals surface area contributed by atoms with E-state index in [1.165, 1.54) is 22.5 Å². The van der Waals surface area contributed by atoms with Crippen molar-refractivity contribution < 1.29 is 14.5 Å². The number of H-pyrrole nitrogens is 1. The number of methoxy groups -OCH3 is 2. The van der Waals surface area contributed by atoms with Gasteiger partial charge in [-0.15, -0.1) is 0 Å². The fourth-order valence-electron chi connectivity index (χ4n) is 3.68. The molecule has 0 unspecified atom stereocenters. The molecule has 0 aliphatic rings. The highest BCUT2D eigenvalue weighted by molar-refractivity contribution is 7.13. The summed E-state index contributed by atoms with van der Waals surface area (Å²) in [4.78, 5) is 3.32. The number of nitrogens with one attached hydrogen (secondary N) is 1. The normalized spacial score (nSPS) is 11.8. The summed E-state index contributed by atoms with van der Waals surface area (Å²) < 4.78 is 10.8. The molecule has 1 aromatic heterocycles. The molecule has 3 N–H and O–H groups in total. The third kappa shape index (κ3) is 4.31. The van der Waals surface area contributed by atoms with Crippen LogP contribution < -0.4 is 20.2 Å². The molecule has 1 atom stereocenters. The van der Waals surface area contributed by atoms with Crippen LogP contribution in [0.1, 0.15) is 22.7 Å². The molecule has 0 radical (unpaired) electrons. The van der Waals surface area contributed by atoms with Crippen LogP contribution in [-0.4, -0.2) is 14.2 Å². The van der Waals surface area contributed by atoms with Crippen LogP contribution in [0.3, 0.4) is 0 Å². The van der Waals surface area contributed by atoms with Crippen molar-refractivity contribution >= 4 is 16.5 Å². The van der Waals surface area contributed by atoms with Crippen LogP contribution in [-0.2, 0) is 6.42 Å². The van der Waals surface area contributed by atoms with E-state index in [1.54, 1.807) is 14.2 Å². The Bertz CT molecular complexity index is 1100. The van der Waals surface area contributed by atoms with Gasteiger partial charge in [0.25, 0.3) is 0 Å². The average Bonchev–Trinajstić information content (AvgIpc) is 3.24. The van der Waals surface area contributed by atoms with E-state index in [0.717, 1.165) is 39.9 Å². The van der Waals surface area contributed by atoms with Crippen LogP contribution in [0.2, 0.25) is 0 Å². The van der Waals surface area contributed by atoms with Gasteiger partial charge in [-0.1, -0.05) is 65.9 Å². The van der Waals surface area contributed by atoms with E-state index < -0.39 is 0 Å². The topological polar surface area (TPSA) is 58.6 Å². The van der Waals surface area contributed by atoms with E-state index in [2.05, 4.69) is 52.8 Å². The highest BCUT2D eigenvalue weighted by Gasteiger charge is 2.20. The van der Waals surface area contributed by atoms with Crippen LogP contribution in [0.15, 0.2) is 78.2 Å². The number of rotatable bonds is 7. The molecule has 4 rings (SSSR count). The molecule has 5 heteroatoms. The molecule has 0 amide bonds. The summed E-state index contributed by atoms with van der Waals surface area (Å²) in [6.45, 7) is 0. The van der Waals surface area contributed by atoms with Crippen molar-refractivity contribution in [2.24, 2.45) is 0 Å². The number of ether oxygens (including phenoxy) is 2. The molecular formula is C25H25N2O2S+. The lowest BCUT2D eigenvalue weighted by Gasteiger charge is -2.16. The van der Waals surface area contributed by atoms with Crippen LogP contribution in [0, 0.1) is 0 Å². The van der Waals surface area contributed by atoms with Gasteiger partial charge in [0.15, 0.2) is 0 Å². The molecule has 0 aliphatic carbocycles. The monoisotopic (exact) mass is 417 g/mol. The number of aromatic nitrogens is 1. The van der Waals surface area contributed by atoms with Crippen molar-refractivity contribution in [3.8, 4) is 22.6 Å². The molecule has 4 nitrogen and oxygen atoms in total. The number of thiazole rings is 1. The van der Waals surface area contributed by atoms with Crippen molar-refractivity contribution in [3.63, 3.8) is 0 Å². The van der Waals surface area contributed by atoms with Gasteiger partial charge >= 0.3 is 5.13 Å². The van der Waals surface area contributed by atoms with Crippen molar-refractivity contribution in [3.05, 3.63) is 95.0 Å². The Kier molecular flexibility index (Phi) is 6.00. The van der Waals surface area contributed by atoms with Crippen molar-refractivity contribution in [1.29, 1.82) is 0 Å². The molecule has 3 aromatic carbocycles. The van der Waals surface area contributed by atoms with Gasteiger partial charge < -0.3 is 9.47 Å². The Morgan fingerprint density at radius 1 is 0.900 bits per heavy atom. The zero-order chi connectivity index (χ0) is 20.9. The van der Waals surface area contributed by atoms with Gasteiger partial charge in [-0.3, -0.25) is 5.73 Å². The number of benzene rings is 3. The molecule has 0 spiro atoms. The number of hydrogen-bond donors (Lipinski definition) is 1. The fraction of sp³-hybridized carbons (Fsp3) is 0.160. The molecule has 0 saturated heterocycles. The Balaban J connectivity index is 1.62. The minimum atomic E-state index is 0.182. The molecule has 0 fully saturated rings. The molecule has 0 bridgehead atoms. The van der Waals surface area contributed by atoms with E-state index >= 15 is 0 Å². The van der Waals surface area contributed by atoms with E-state index in [0.29, 0.717) is 0 Å². The second-order valence-electron chi connectivity index (χ2n) is 7.11. The van der Waals surface area contributed by atoms with Crippen LogP contribution in [0.25, 0.3) is 11.1 Å². The Morgan fingerprint density at radius 3 is 2.27 bits per heavy atom. The van der Waals surface area contributed by atoms with E-state index in [1.807, 2.05) is 30.3 Å². The smallest absolute Gasteiger partial charge is 0.329 e. The number of nitrogen functional groups attached to an aromatic ring is 1. The maximum absolute atomic E-state index is 5.98. The molecule has 1 heterocycles.